The fourth-order valence-electron chi connectivity index (χ4n) is 4.39. The second-order valence-electron chi connectivity index (χ2n) is 8.86. The lowest BCUT2D eigenvalue weighted by molar-refractivity contribution is -0.128. The summed E-state index contributed by atoms with van der Waals surface area (Å²) in [5, 5.41) is 2.97. The largest absolute Gasteiger partial charge is 0.444 e. The van der Waals surface area contributed by atoms with Gasteiger partial charge in [-0.1, -0.05) is 6.07 Å². The topological polar surface area (TPSA) is 58.6 Å². The van der Waals surface area contributed by atoms with E-state index in [9.17, 15) is 14.0 Å². The number of carbonyl (C=O) groups excluding carboxylic acids is 2. The third kappa shape index (κ3) is 4.25. The van der Waals surface area contributed by atoms with E-state index in [-0.39, 0.29) is 29.2 Å². The number of halogens is 1. The molecule has 0 aromatic heterocycles. The van der Waals surface area contributed by atoms with E-state index in [0.717, 1.165) is 24.0 Å². The van der Waals surface area contributed by atoms with E-state index in [1.807, 2.05) is 33.8 Å². The average molecular weight is 376 g/mol. The lowest BCUT2D eigenvalue weighted by Gasteiger charge is -2.49. The van der Waals surface area contributed by atoms with Gasteiger partial charge in [0.1, 0.15) is 11.4 Å². The molecular weight excluding hydrogens is 347 g/mol. The summed E-state index contributed by atoms with van der Waals surface area (Å²) in [5.74, 6) is -0.0711. The lowest BCUT2D eigenvalue weighted by Crippen LogP contribution is -2.53. The van der Waals surface area contributed by atoms with Gasteiger partial charge in [0.2, 0.25) is 5.91 Å². The normalized spacial score (nSPS) is 22.5. The van der Waals surface area contributed by atoms with Crippen LogP contribution in [-0.4, -0.2) is 42.1 Å². The van der Waals surface area contributed by atoms with Crippen molar-refractivity contribution in [3.8, 4) is 0 Å². The molecule has 27 heavy (non-hydrogen) atoms. The van der Waals surface area contributed by atoms with Crippen LogP contribution < -0.4 is 5.32 Å². The standard InChI is InChI=1S/C21H29FN2O3/c1-14-11-15(22)5-6-16(14)17-13-23-18(25)12-21(17)7-9-24(10-8-21)19(26)27-20(2,3)4/h5-6,11,17H,7-10,12-13H2,1-4H3,(H,23,25). The number of likely N-dealkylation sites (tertiary alicyclic amines) is 1. The van der Waals surface area contributed by atoms with Gasteiger partial charge in [-0.3, -0.25) is 4.79 Å². The van der Waals surface area contributed by atoms with Crippen molar-refractivity contribution in [2.24, 2.45) is 5.41 Å². The Morgan fingerprint density at radius 2 is 1.96 bits per heavy atom. The lowest BCUT2D eigenvalue weighted by atomic mass is 9.62. The molecule has 0 bridgehead atoms. The van der Waals surface area contributed by atoms with Gasteiger partial charge in [0.15, 0.2) is 0 Å². The minimum Gasteiger partial charge on any atom is -0.444 e. The molecule has 1 N–H and O–H groups in total. The van der Waals surface area contributed by atoms with Crippen molar-refractivity contribution < 1.29 is 18.7 Å². The van der Waals surface area contributed by atoms with Gasteiger partial charge < -0.3 is 15.0 Å². The minimum absolute atomic E-state index is 0.0525. The number of aryl methyl sites for hydroxylation is 1. The summed E-state index contributed by atoms with van der Waals surface area (Å²) >= 11 is 0. The predicted molar refractivity (Wildman–Crippen MR) is 101 cm³/mol. The van der Waals surface area contributed by atoms with E-state index in [1.165, 1.54) is 6.07 Å². The first-order chi connectivity index (χ1) is 12.6. The van der Waals surface area contributed by atoms with E-state index in [1.54, 1.807) is 11.0 Å². The molecule has 2 fully saturated rings. The molecule has 5 nitrogen and oxygen atoms in total. The molecular formula is C21H29FN2O3. The van der Waals surface area contributed by atoms with E-state index in [4.69, 9.17) is 4.74 Å². The summed E-state index contributed by atoms with van der Waals surface area (Å²) in [6, 6.07) is 4.88. The molecule has 1 atom stereocenters. The maximum Gasteiger partial charge on any atom is 0.410 e. The molecule has 0 aliphatic carbocycles. The van der Waals surface area contributed by atoms with Crippen molar-refractivity contribution in [2.45, 2.75) is 58.5 Å². The number of benzene rings is 1. The molecule has 6 heteroatoms. The maximum atomic E-state index is 13.6. The number of nitrogens with one attached hydrogen (secondary N) is 1. The molecule has 0 radical (unpaired) electrons. The predicted octanol–water partition coefficient (Wildman–Crippen LogP) is 3.75. The van der Waals surface area contributed by atoms with Crippen molar-refractivity contribution in [1.82, 2.24) is 10.2 Å². The molecule has 3 rings (SSSR count). The summed E-state index contributed by atoms with van der Waals surface area (Å²) in [5.41, 5.74) is 1.26. The first kappa shape index (κ1) is 19.6. The Bertz CT molecular complexity index is 733. The smallest absolute Gasteiger partial charge is 0.410 e. The summed E-state index contributed by atoms with van der Waals surface area (Å²) in [6.07, 6.45) is 1.62. The molecule has 2 amide bonds. The van der Waals surface area contributed by atoms with Crippen LogP contribution in [0.15, 0.2) is 18.2 Å². The fraction of sp³-hybridized carbons (Fsp3) is 0.619. The highest BCUT2D eigenvalue weighted by atomic mass is 19.1. The number of hydrogen-bond acceptors (Lipinski definition) is 3. The number of hydrogen-bond donors (Lipinski definition) is 1. The van der Waals surface area contributed by atoms with Crippen LogP contribution in [0.1, 0.15) is 57.1 Å². The summed E-state index contributed by atoms with van der Waals surface area (Å²) < 4.78 is 19.0. The average Bonchev–Trinajstić information content (AvgIpc) is 2.55. The molecule has 2 aliphatic heterocycles. The van der Waals surface area contributed by atoms with Crippen LogP contribution in [0.2, 0.25) is 0 Å². The van der Waals surface area contributed by atoms with Gasteiger partial charge in [-0.25, -0.2) is 9.18 Å². The molecule has 1 spiro atoms. The number of amides is 2. The second kappa shape index (κ2) is 7.13. The Labute approximate surface area is 160 Å². The number of rotatable bonds is 1. The van der Waals surface area contributed by atoms with E-state index < -0.39 is 5.60 Å². The highest BCUT2D eigenvalue weighted by Gasteiger charge is 2.47. The molecule has 1 aromatic carbocycles. The molecule has 1 unspecified atom stereocenters. The number of piperidine rings is 2. The summed E-state index contributed by atoms with van der Waals surface area (Å²) in [7, 11) is 0. The highest BCUT2D eigenvalue weighted by molar-refractivity contribution is 5.78. The number of carbonyl (C=O) groups is 2. The van der Waals surface area contributed by atoms with Crippen LogP contribution in [0.3, 0.4) is 0 Å². The number of ether oxygens (including phenoxy) is 1. The van der Waals surface area contributed by atoms with Crippen molar-refractivity contribution in [3.63, 3.8) is 0 Å². The van der Waals surface area contributed by atoms with Crippen LogP contribution in [-0.2, 0) is 9.53 Å². The Balaban J connectivity index is 1.80. The quantitative estimate of drug-likeness (QED) is 0.812. The minimum atomic E-state index is -0.523. The van der Waals surface area contributed by atoms with Gasteiger partial charge in [-0.05, 0) is 69.2 Å². The van der Waals surface area contributed by atoms with Crippen molar-refractivity contribution in [3.05, 3.63) is 35.1 Å². The van der Waals surface area contributed by atoms with Crippen LogP contribution in [0.4, 0.5) is 9.18 Å². The Kier molecular flexibility index (Phi) is 5.19. The molecule has 2 aliphatic rings. The zero-order valence-electron chi connectivity index (χ0n) is 16.6. The number of nitrogens with zero attached hydrogens (tertiary/aromatic N) is 1. The van der Waals surface area contributed by atoms with Crippen LogP contribution in [0.25, 0.3) is 0 Å². The van der Waals surface area contributed by atoms with Gasteiger partial charge in [0, 0.05) is 32.0 Å². The zero-order chi connectivity index (χ0) is 19.8. The first-order valence-corrected chi connectivity index (χ1v) is 9.60. The second-order valence-corrected chi connectivity index (χ2v) is 8.86. The van der Waals surface area contributed by atoms with E-state index >= 15 is 0 Å². The van der Waals surface area contributed by atoms with Crippen LogP contribution in [0, 0.1) is 18.2 Å². The molecule has 2 saturated heterocycles. The van der Waals surface area contributed by atoms with Gasteiger partial charge in [0.25, 0.3) is 0 Å². The van der Waals surface area contributed by atoms with Crippen molar-refractivity contribution in [2.75, 3.05) is 19.6 Å². The van der Waals surface area contributed by atoms with Gasteiger partial charge in [-0.15, -0.1) is 0 Å². The monoisotopic (exact) mass is 376 g/mol. The molecule has 2 heterocycles. The van der Waals surface area contributed by atoms with Crippen molar-refractivity contribution >= 4 is 12.0 Å². The molecule has 1 aromatic rings. The third-order valence-corrected chi connectivity index (χ3v) is 5.77. The van der Waals surface area contributed by atoms with E-state index in [2.05, 4.69) is 5.32 Å². The zero-order valence-corrected chi connectivity index (χ0v) is 16.6. The highest BCUT2D eigenvalue weighted by Crippen LogP contribution is 2.49. The van der Waals surface area contributed by atoms with Crippen molar-refractivity contribution in [1.29, 1.82) is 0 Å². The van der Waals surface area contributed by atoms with E-state index in [0.29, 0.717) is 26.1 Å². The summed E-state index contributed by atoms with van der Waals surface area (Å²) in [6.45, 7) is 9.17. The third-order valence-electron chi connectivity index (χ3n) is 5.77. The Morgan fingerprint density at radius 3 is 2.56 bits per heavy atom. The van der Waals surface area contributed by atoms with Gasteiger partial charge in [0.05, 0.1) is 0 Å². The van der Waals surface area contributed by atoms with Crippen LogP contribution >= 0.6 is 0 Å². The maximum absolute atomic E-state index is 13.6. The molecule has 148 valence electrons. The SMILES string of the molecule is Cc1cc(F)ccc1C1CNC(=O)CC12CCN(C(=O)OC(C)(C)C)CC2. The Hall–Kier alpha value is -2.11. The first-order valence-electron chi connectivity index (χ1n) is 9.60. The summed E-state index contributed by atoms with van der Waals surface area (Å²) in [4.78, 5) is 26.3. The Morgan fingerprint density at radius 1 is 1.30 bits per heavy atom. The van der Waals surface area contributed by atoms with Gasteiger partial charge >= 0.3 is 6.09 Å². The van der Waals surface area contributed by atoms with Crippen LogP contribution in [0.5, 0.6) is 0 Å². The fourth-order valence-corrected chi connectivity index (χ4v) is 4.39. The van der Waals surface area contributed by atoms with Gasteiger partial charge in [-0.2, -0.15) is 0 Å². The molecule has 0 saturated carbocycles.